The van der Waals surface area contributed by atoms with Crippen LogP contribution in [-0.4, -0.2) is 21.2 Å². The maximum absolute atomic E-state index is 5.20. The number of hydrogen-bond acceptors (Lipinski definition) is 3. The van der Waals surface area contributed by atoms with Crippen molar-refractivity contribution in [1.82, 2.24) is 5.32 Å². The second kappa shape index (κ2) is 7.48. The number of ether oxygens (including phenoxy) is 1. The lowest BCUT2D eigenvalue weighted by Crippen LogP contribution is -2.19. The second-order valence-electron chi connectivity index (χ2n) is 5.01. The smallest absolute Gasteiger partial charge is 0.118 e. The van der Waals surface area contributed by atoms with E-state index >= 15 is 0 Å². The minimum Gasteiger partial charge on any atom is -0.497 e. The summed E-state index contributed by atoms with van der Waals surface area (Å²) in [6.45, 7) is 1.72. The van der Waals surface area contributed by atoms with Crippen LogP contribution in [0.15, 0.2) is 46.9 Å². The van der Waals surface area contributed by atoms with Gasteiger partial charge < -0.3 is 15.0 Å². The van der Waals surface area contributed by atoms with Gasteiger partial charge in [-0.3, -0.25) is 0 Å². The molecule has 0 aliphatic heterocycles. The van der Waals surface area contributed by atoms with Gasteiger partial charge in [-0.15, -0.1) is 0 Å². The van der Waals surface area contributed by atoms with E-state index in [2.05, 4.69) is 63.5 Å². The first-order chi connectivity index (χ1) is 10.1. The Hall–Kier alpha value is -1.52. The molecule has 0 bridgehead atoms. The summed E-state index contributed by atoms with van der Waals surface area (Å²) in [5, 5.41) is 3.22. The maximum atomic E-state index is 5.20. The molecule has 0 spiro atoms. The first kappa shape index (κ1) is 15.9. The van der Waals surface area contributed by atoms with Crippen molar-refractivity contribution < 1.29 is 4.74 Å². The third-order valence-electron chi connectivity index (χ3n) is 3.40. The van der Waals surface area contributed by atoms with Gasteiger partial charge in [0.05, 0.1) is 7.11 Å². The molecule has 0 unspecified atom stereocenters. The molecule has 0 aliphatic carbocycles. The van der Waals surface area contributed by atoms with Crippen molar-refractivity contribution in [2.45, 2.75) is 13.1 Å². The van der Waals surface area contributed by atoms with Gasteiger partial charge in [0.2, 0.25) is 0 Å². The van der Waals surface area contributed by atoms with Crippen LogP contribution in [0.3, 0.4) is 0 Å². The zero-order chi connectivity index (χ0) is 15.2. The van der Waals surface area contributed by atoms with Gasteiger partial charge in [-0.25, -0.2) is 0 Å². The minimum atomic E-state index is 0.857. The molecule has 0 atom stereocenters. The summed E-state index contributed by atoms with van der Waals surface area (Å²) in [5.74, 6) is 0.889. The first-order valence-corrected chi connectivity index (χ1v) is 7.70. The number of nitrogens with one attached hydrogen (secondary N) is 1. The Bertz CT molecular complexity index is 584. The van der Waals surface area contributed by atoms with Crippen molar-refractivity contribution in [2.24, 2.45) is 0 Å². The molecule has 112 valence electrons. The fraction of sp³-hybridized carbons (Fsp3) is 0.294. The molecule has 0 aliphatic rings. The van der Waals surface area contributed by atoms with E-state index in [1.54, 1.807) is 7.11 Å². The lowest BCUT2D eigenvalue weighted by atomic mass is 10.1. The van der Waals surface area contributed by atoms with Gasteiger partial charge >= 0.3 is 0 Å². The Morgan fingerprint density at radius 2 is 1.86 bits per heavy atom. The molecule has 0 radical (unpaired) electrons. The molecule has 2 rings (SSSR count). The second-order valence-corrected chi connectivity index (χ2v) is 5.92. The molecule has 4 heteroatoms. The van der Waals surface area contributed by atoms with Crippen LogP contribution in [0.1, 0.15) is 11.1 Å². The Kier molecular flexibility index (Phi) is 5.65. The van der Waals surface area contributed by atoms with Crippen LogP contribution in [0.25, 0.3) is 0 Å². The Labute approximate surface area is 135 Å². The largest absolute Gasteiger partial charge is 0.497 e. The molecule has 0 saturated heterocycles. The van der Waals surface area contributed by atoms with Crippen LogP contribution < -0.4 is 15.0 Å². The highest BCUT2D eigenvalue weighted by molar-refractivity contribution is 9.10. The van der Waals surface area contributed by atoms with Crippen LogP contribution in [0.5, 0.6) is 5.75 Å². The molecular weight excluding hydrogens is 328 g/mol. The summed E-state index contributed by atoms with van der Waals surface area (Å²) in [5.41, 5.74) is 3.78. The van der Waals surface area contributed by atoms with Crippen molar-refractivity contribution in [3.05, 3.63) is 58.1 Å². The molecule has 2 aromatic carbocycles. The molecule has 2 aromatic rings. The molecule has 0 aromatic heterocycles. The number of benzene rings is 2. The van der Waals surface area contributed by atoms with E-state index in [1.807, 2.05) is 19.2 Å². The van der Waals surface area contributed by atoms with Crippen LogP contribution in [0, 0.1) is 0 Å². The van der Waals surface area contributed by atoms with Gasteiger partial charge in [-0.05, 0) is 42.4 Å². The highest BCUT2D eigenvalue weighted by atomic mass is 79.9. The van der Waals surface area contributed by atoms with Gasteiger partial charge in [0.1, 0.15) is 5.75 Å². The van der Waals surface area contributed by atoms with Crippen molar-refractivity contribution in [2.75, 3.05) is 26.1 Å². The quantitative estimate of drug-likeness (QED) is 0.858. The standard InChI is InChI=1S/C17H21BrN2O/c1-19-11-14-6-7-15(18)10-17(14)20(2)12-13-4-8-16(21-3)9-5-13/h4-10,19H,11-12H2,1-3H3. The number of nitrogens with zero attached hydrogens (tertiary/aromatic N) is 1. The summed E-state index contributed by atoms with van der Waals surface area (Å²) < 4.78 is 6.29. The molecule has 3 nitrogen and oxygen atoms in total. The lowest BCUT2D eigenvalue weighted by molar-refractivity contribution is 0.414. The first-order valence-electron chi connectivity index (χ1n) is 6.91. The van der Waals surface area contributed by atoms with Gasteiger partial charge in [-0.1, -0.05) is 34.1 Å². The topological polar surface area (TPSA) is 24.5 Å². The van der Waals surface area contributed by atoms with Crippen LogP contribution in [-0.2, 0) is 13.1 Å². The van der Waals surface area contributed by atoms with Crippen molar-refractivity contribution in [3.63, 3.8) is 0 Å². The molecule has 0 saturated carbocycles. The van der Waals surface area contributed by atoms with Crippen LogP contribution in [0.4, 0.5) is 5.69 Å². The van der Waals surface area contributed by atoms with E-state index < -0.39 is 0 Å². The minimum absolute atomic E-state index is 0.857. The summed E-state index contributed by atoms with van der Waals surface area (Å²) >= 11 is 3.56. The Morgan fingerprint density at radius 1 is 1.14 bits per heavy atom. The van der Waals surface area contributed by atoms with E-state index in [1.165, 1.54) is 16.8 Å². The number of methoxy groups -OCH3 is 1. The highest BCUT2D eigenvalue weighted by Crippen LogP contribution is 2.26. The highest BCUT2D eigenvalue weighted by Gasteiger charge is 2.08. The average Bonchev–Trinajstić information content (AvgIpc) is 2.50. The molecule has 1 N–H and O–H groups in total. The third-order valence-corrected chi connectivity index (χ3v) is 3.90. The number of rotatable bonds is 6. The van der Waals surface area contributed by atoms with E-state index in [9.17, 15) is 0 Å². The zero-order valence-electron chi connectivity index (χ0n) is 12.7. The van der Waals surface area contributed by atoms with Crippen molar-refractivity contribution in [1.29, 1.82) is 0 Å². The summed E-state index contributed by atoms with van der Waals surface area (Å²) in [6.07, 6.45) is 0. The molecule has 21 heavy (non-hydrogen) atoms. The number of anilines is 1. The monoisotopic (exact) mass is 348 g/mol. The SMILES string of the molecule is CNCc1ccc(Br)cc1N(C)Cc1ccc(OC)cc1. The number of hydrogen-bond donors (Lipinski definition) is 1. The van der Waals surface area contributed by atoms with Gasteiger partial charge in [0.15, 0.2) is 0 Å². The summed E-state index contributed by atoms with van der Waals surface area (Å²) in [4.78, 5) is 2.26. The fourth-order valence-corrected chi connectivity index (χ4v) is 2.67. The van der Waals surface area contributed by atoms with Gasteiger partial charge in [-0.2, -0.15) is 0 Å². The van der Waals surface area contributed by atoms with E-state index in [0.717, 1.165) is 23.3 Å². The van der Waals surface area contributed by atoms with Crippen molar-refractivity contribution in [3.8, 4) is 5.75 Å². The third kappa shape index (κ3) is 4.22. The number of halogens is 1. The lowest BCUT2D eigenvalue weighted by Gasteiger charge is -2.23. The maximum Gasteiger partial charge on any atom is 0.118 e. The summed E-state index contributed by atoms with van der Waals surface area (Å²) in [6, 6.07) is 14.6. The van der Waals surface area contributed by atoms with E-state index in [-0.39, 0.29) is 0 Å². The Morgan fingerprint density at radius 3 is 2.48 bits per heavy atom. The molecular formula is C17H21BrN2O. The molecule has 0 heterocycles. The van der Waals surface area contributed by atoms with Gasteiger partial charge in [0, 0.05) is 30.3 Å². The normalized spacial score (nSPS) is 10.5. The van der Waals surface area contributed by atoms with Crippen molar-refractivity contribution >= 4 is 21.6 Å². The average molecular weight is 349 g/mol. The summed E-state index contributed by atoms with van der Waals surface area (Å²) in [7, 11) is 5.77. The predicted molar refractivity (Wildman–Crippen MR) is 92.0 cm³/mol. The predicted octanol–water partition coefficient (Wildman–Crippen LogP) is 3.81. The fourth-order valence-electron chi connectivity index (χ4n) is 2.32. The van der Waals surface area contributed by atoms with E-state index in [0.29, 0.717) is 0 Å². The molecule has 0 fully saturated rings. The molecule has 0 amide bonds. The zero-order valence-corrected chi connectivity index (χ0v) is 14.3. The van der Waals surface area contributed by atoms with Gasteiger partial charge in [0.25, 0.3) is 0 Å². The Balaban J connectivity index is 2.18. The van der Waals surface area contributed by atoms with Crippen LogP contribution in [0.2, 0.25) is 0 Å². The van der Waals surface area contributed by atoms with E-state index in [4.69, 9.17) is 4.74 Å². The van der Waals surface area contributed by atoms with Crippen LogP contribution >= 0.6 is 15.9 Å².